The number of piperidine rings is 1. The Balaban J connectivity index is 1.93. The fraction of sp³-hybridized carbons (Fsp3) is 0.600. The van der Waals surface area contributed by atoms with Crippen LogP contribution in [0, 0.1) is 0 Å². The van der Waals surface area contributed by atoms with E-state index in [4.69, 9.17) is 4.74 Å². The predicted octanol–water partition coefficient (Wildman–Crippen LogP) is 2.18. The van der Waals surface area contributed by atoms with E-state index < -0.39 is 10.2 Å². The Bertz CT molecular complexity index is 609. The lowest BCUT2D eigenvalue weighted by Gasteiger charge is -2.36. The molecule has 2 heterocycles. The molecule has 116 valence electrons. The maximum atomic E-state index is 12.9. The van der Waals surface area contributed by atoms with Crippen molar-refractivity contribution in [2.24, 2.45) is 0 Å². The van der Waals surface area contributed by atoms with Crippen molar-refractivity contribution >= 4 is 15.9 Å². The molecule has 0 atom stereocenters. The van der Waals surface area contributed by atoms with Crippen LogP contribution in [0.3, 0.4) is 0 Å². The molecule has 1 aromatic rings. The maximum absolute atomic E-state index is 12.9. The van der Waals surface area contributed by atoms with Crippen molar-refractivity contribution in [3.05, 3.63) is 23.8 Å². The molecule has 0 radical (unpaired) electrons. The number of ether oxygens (including phenoxy) is 1. The van der Waals surface area contributed by atoms with Crippen LogP contribution in [0.5, 0.6) is 5.75 Å². The first-order valence-electron chi connectivity index (χ1n) is 7.57. The van der Waals surface area contributed by atoms with Crippen molar-refractivity contribution in [1.82, 2.24) is 4.31 Å². The van der Waals surface area contributed by atoms with Crippen LogP contribution in [-0.2, 0) is 16.6 Å². The van der Waals surface area contributed by atoms with Gasteiger partial charge in [0.15, 0.2) is 0 Å². The lowest BCUT2D eigenvalue weighted by molar-refractivity contribution is 0.344. The van der Waals surface area contributed by atoms with E-state index in [1.807, 2.05) is 18.2 Å². The summed E-state index contributed by atoms with van der Waals surface area (Å²) in [7, 11) is -1.76. The third kappa shape index (κ3) is 2.74. The van der Waals surface area contributed by atoms with Crippen molar-refractivity contribution in [3.8, 4) is 5.75 Å². The molecule has 0 unspecified atom stereocenters. The number of hydrogen-bond acceptors (Lipinski definition) is 3. The fourth-order valence-corrected chi connectivity index (χ4v) is 4.93. The van der Waals surface area contributed by atoms with Gasteiger partial charge in [-0.25, -0.2) is 0 Å². The lowest BCUT2D eigenvalue weighted by atomic mass is 10.0. The molecular weight excluding hydrogens is 288 g/mol. The smallest absolute Gasteiger partial charge is 0.304 e. The number of anilines is 1. The van der Waals surface area contributed by atoms with E-state index in [-0.39, 0.29) is 0 Å². The highest BCUT2D eigenvalue weighted by molar-refractivity contribution is 7.90. The first-order valence-corrected chi connectivity index (χ1v) is 8.97. The average molecular weight is 310 g/mol. The minimum Gasteiger partial charge on any atom is -0.497 e. The Labute approximate surface area is 126 Å². The zero-order valence-corrected chi connectivity index (χ0v) is 13.2. The van der Waals surface area contributed by atoms with Gasteiger partial charge in [-0.05, 0) is 49.4 Å². The van der Waals surface area contributed by atoms with Crippen molar-refractivity contribution in [3.63, 3.8) is 0 Å². The number of fused-ring (bicyclic) bond motifs is 1. The molecular formula is C15H22N2O3S. The Morgan fingerprint density at radius 2 is 1.81 bits per heavy atom. The van der Waals surface area contributed by atoms with Crippen LogP contribution in [-0.4, -0.2) is 39.5 Å². The average Bonchev–Trinajstić information content (AvgIpc) is 2.54. The third-order valence-corrected chi connectivity index (χ3v) is 6.24. The monoisotopic (exact) mass is 310 g/mol. The SMILES string of the molecule is COc1ccc2c(c1)CCCN2S(=O)(=O)N1CCCCC1. The van der Waals surface area contributed by atoms with Crippen LogP contribution in [0.1, 0.15) is 31.2 Å². The van der Waals surface area contributed by atoms with E-state index in [0.29, 0.717) is 19.6 Å². The summed E-state index contributed by atoms with van der Waals surface area (Å²) in [6, 6.07) is 5.66. The van der Waals surface area contributed by atoms with E-state index in [1.54, 1.807) is 15.7 Å². The normalized spacial score (nSPS) is 20.1. The molecule has 1 aromatic carbocycles. The van der Waals surface area contributed by atoms with Crippen LogP contribution in [0.2, 0.25) is 0 Å². The van der Waals surface area contributed by atoms with E-state index >= 15 is 0 Å². The molecule has 0 amide bonds. The Morgan fingerprint density at radius 3 is 2.52 bits per heavy atom. The summed E-state index contributed by atoms with van der Waals surface area (Å²) in [6.07, 6.45) is 4.80. The standard InChI is InChI=1S/C15H22N2O3S/c1-20-14-7-8-15-13(12-14)6-5-11-17(15)21(18,19)16-9-3-2-4-10-16/h7-8,12H,2-6,9-11H2,1H3. The van der Waals surface area contributed by atoms with Crippen LogP contribution < -0.4 is 9.04 Å². The number of rotatable bonds is 3. The van der Waals surface area contributed by atoms with Crippen molar-refractivity contribution in [1.29, 1.82) is 0 Å². The number of nitrogens with zero attached hydrogens (tertiary/aromatic N) is 2. The van der Waals surface area contributed by atoms with Crippen molar-refractivity contribution < 1.29 is 13.2 Å². The van der Waals surface area contributed by atoms with E-state index in [1.165, 1.54) is 0 Å². The molecule has 2 aliphatic rings. The molecule has 6 heteroatoms. The molecule has 1 fully saturated rings. The van der Waals surface area contributed by atoms with Gasteiger partial charge in [0.25, 0.3) is 0 Å². The lowest BCUT2D eigenvalue weighted by Crippen LogP contribution is -2.47. The highest BCUT2D eigenvalue weighted by Crippen LogP contribution is 2.33. The molecule has 0 spiro atoms. The van der Waals surface area contributed by atoms with Gasteiger partial charge >= 0.3 is 10.2 Å². The second-order valence-electron chi connectivity index (χ2n) is 5.64. The highest BCUT2D eigenvalue weighted by atomic mass is 32.2. The second-order valence-corrected chi connectivity index (χ2v) is 7.49. The Morgan fingerprint density at radius 1 is 1.05 bits per heavy atom. The molecule has 0 aliphatic carbocycles. The zero-order chi connectivity index (χ0) is 14.9. The van der Waals surface area contributed by atoms with Crippen LogP contribution in [0.15, 0.2) is 18.2 Å². The summed E-state index contributed by atoms with van der Waals surface area (Å²) in [4.78, 5) is 0. The summed E-state index contributed by atoms with van der Waals surface area (Å²) in [5, 5.41) is 0. The third-order valence-electron chi connectivity index (χ3n) is 4.28. The van der Waals surface area contributed by atoms with E-state index in [0.717, 1.165) is 49.1 Å². The molecule has 0 saturated carbocycles. The zero-order valence-electron chi connectivity index (χ0n) is 12.4. The minimum atomic E-state index is -3.39. The molecule has 21 heavy (non-hydrogen) atoms. The quantitative estimate of drug-likeness (QED) is 0.860. The summed E-state index contributed by atoms with van der Waals surface area (Å²) in [6.45, 7) is 1.85. The minimum absolute atomic E-state index is 0.568. The summed E-state index contributed by atoms with van der Waals surface area (Å²) >= 11 is 0. The number of benzene rings is 1. The topological polar surface area (TPSA) is 49.9 Å². The van der Waals surface area contributed by atoms with Gasteiger partial charge in [0.05, 0.1) is 12.8 Å². The highest BCUT2D eigenvalue weighted by Gasteiger charge is 2.33. The summed E-state index contributed by atoms with van der Waals surface area (Å²) in [5.41, 5.74) is 1.87. The van der Waals surface area contributed by atoms with Crippen LogP contribution in [0.25, 0.3) is 0 Å². The van der Waals surface area contributed by atoms with Crippen LogP contribution in [0.4, 0.5) is 5.69 Å². The van der Waals surface area contributed by atoms with E-state index in [2.05, 4.69) is 0 Å². The van der Waals surface area contributed by atoms with Crippen molar-refractivity contribution in [2.75, 3.05) is 31.0 Å². The first-order chi connectivity index (χ1) is 10.1. The molecule has 1 saturated heterocycles. The summed E-state index contributed by atoms with van der Waals surface area (Å²) in [5.74, 6) is 0.783. The molecule has 0 aromatic heterocycles. The summed E-state index contributed by atoms with van der Waals surface area (Å²) < 4.78 is 34.2. The predicted molar refractivity (Wildman–Crippen MR) is 83.0 cm³/mol. The van der Waals surface area contributed by atoms with Crippen molar-refractivity contribution in [2.45, 2.75) is 32.1 Å². The molecule has 0 N–H and O–H groups in total. The fourth-order valence-electron chi connectivity index (χ4n) is 3.14. The number of methoxy groups -OCH3 is 1. The van der Waals surface area contributed by atoms with Gasteiger partial charge in [0, 0.05) is 19.6 Å². The van der Waals surface area contributed by atoms with Crippen LogP contribution >= 0.6 is 0 Å². The first kappa shape index (κ1) is 14.7. The molecule has 3 rings (SSSR count). The van der Waals surface area contributed by atoms with Gasteiger partial charge < -0.3 is 4.74 Å². The van der Waals surface area contributed by atoms with Gasteiger partial charge in [-0.15, -0.1) is 0 Å². The number of aryl methyl sites for hydroxylation is 1. The second kappa shape index (κ2) is 5.85. The molecule has 5 nitrogen and oxygen atoms in total. The van der Waals surface area contributed by atoms with Gasteiger partial charge in [0.2, 0.25) is 0 Å². The van der Waals surface area contributed by atoms with Gasteiger partial charge in [0.1, 0.15) is 5.75 Å². The Kier molecular flexibility index (Phi) is 4.08. The van der Waals surface area contributed by atoms with Gasteiger partial charge in [-0.2, -0.15) is 12.7 Å². The van der Waals surface area contributed by atoms with Gasteiger partial charge in [-0.1, -0.05) is 6.42 Å². The molecule has 2 aliphatic heterocycles. The van der Waals surface area contributed by atoms with Gasteiger partial charge in [-0.3, -0.25) is 4.31 Å². The number of hydrogen-bond donors (Lipinski definition) is 0. The Hall–Kier alpha value is -1.27. The van der Waals surface area contributed by atoms with E-state index in [9.17, 15) is 8.42 Å². The maximum Gasteiger partial charge on any atom is 0.304 e. The molecule has 0 bridgehead atoms. The largest absolute Gasteiger partial charge is 0.497 e.